The first kappa shape index (κ1) is 11.0. The lowest BCUT2D eigenvalue weighted by molar-refractivity contribution is 0.103. The van der Waals surface area contributed by atoms with Crippen LogP contribution in [0.25, 0.3) is 5.52 Å². The molecular weight excluding hydrogens is 246 g/mol. The van der Waals surface area contributed by atoms with Gasteiger partial charge < -0.3 is 9.72 Å². The van der Waals surface area contributed by atoms with E-state index in [1.165, 1.54) is 11.3 Å². The number of hydrogen-bond donors (Lipinski definition) is 1. The molecule has 0 unspecified atom stereocenters. The van der Waals surface area contributed by atoms with E-state index in [1.54, 1.807) is 12.4 Å². The summed E-state index contributed by atoms with van der Waals surface area (Å²) < 4.78 is 1.86. The predicted octanol–water partition coefficient (Wildman–Crippen LogP) is 2.67. The minimum atomic E-state index is 0.0400. The Hall–Kier alpha value is -2.14. The first-order valence-electron chi connectivity index (χ1n) is 5.53. The molecule has 3 heterocycles. The first-order chi connectivity index (χ1) is 8.81. The van der Waals surface area contributed by atoms with Crippen molar-refractivity contribution >= 4 is 28.5 Å². The summed E-state index contributed by atoms with van der Waals surface area (Å²) in [5, 5.41) is 4.92. The molecule has 0 bridgehead atoms. The van der Waals surface area contributed by atoms with Gasteiger partial charge in [-0.15, -0.1) is 11.3 Å². The molecule has 18 heavy (non-hydrogen) atoms. The van der Waals surface area contributed by atoms with Crippen LogP contribution in [0.2, 0.25) is 0 Å². The van der Waals surface area contributed by atoms with Gasteiger partial charge in [0.15, 0.2) is 0 Å². The average Bonchev–Trinajstić information content (AvgIpc) is 3.06. The van der Waals surface area contributed by atoms with E-state index in [9.17, 15) is 4.79 Å². The van der Waals surface area contributed by atoms with Crippen molar-refractivity contribution in [2.75, 3.05) is 12.4 Å². The molecule has 0 atom stereocenters. The van der Waals surface area contributed by atoms with Crippen molar-refractivity contribution in [3.8, 4) is 0 Å². The molecule has 0 spiro atoms. The molecule has 3 aromatic rings. The van der Waals surface area contributed by atoms with Gasteiger partial charge >= 0.3 is 0 Å². The van der Waals surface area contributed by atoms with Gasteiger partial charge in [0.2, 0.25) is 5.78 Å². The first-order valence-corrected chi connectivity index (χ1v) is 6.41. The van der Waals surface area contributed by atoms with Crippen molar-refractivity contribution in [2.45, 2.75) is 0 Å². The van der Waals surface area contributed by atoms with E-state index in [2.05, 4.69) is 10.3 Å². The Morgan fingerprint density at radius 3 is 3.00 bits per heavy atom. The number of anilines is 1. The number of carbonyl (C=O) groups excluding carboxylic acids is 1. The Morgan fingerprint density at radius 2 is 2.28 bits per heavy atom. The highest BCUT2D eigenvalue weighted by atomic mass is 32.1. The number of nitrogens with one attached hydrogen (secondary N) is 1. The van der Waals surface area contributed by atoms with Gasteiger partial charge in [0.1, 0.15) is 5.82 Å². The van der Waals surface area contributed by atoms with Crippen LogP contribution in [-0.4, -0.2) is 22.2 Å². The van der Waals surface area contributed by atoms with Crippen LogP contribution in [0, 0.1) is 0 Å². The van der Waals surface area contributed by atoms with Crippen molar-refractivity contribution < 1.29 is 4.79 Å². The van der Waals surface area contributed by atoms with Gasteiger partial charge in [-0.05, 0) is 23.6 Å². The van der Waals surface area contributed by atoms with Crippen molar-refractivity contribution in [1.29, 1.82) is 0 Å². The third kappa shape index (κ3) is 1.60. The lowest BCUT2D eigenvalue weighted by Gasteiger charge is -2.04. The van der Waals surface area contributed by atoms with Crippen molar-refractivity contribution in [1.82, 2.24) is 9.38 Å². The lowest BCUT2D eigenvalue weighted by Crippen LogP contribution is -2.04. The number of ketones is 1. The Kier molecular flexibility index (Phi) is 2.60. The maximum absolute atomic E-state index is 12.3. The molecular formula is C13H11N3OS. The topological polar surface area (TPSA) is 46.4 Å². The molecule has 0 saturated carbocycles. The summed E-state index contributed by atoms with van der Waals surface area (Å²) in [6.07, 6.45) is 3.49. The van der Waals surface area contributed by atoms with E-state index in [0.29, 0.717) is 5.69 Å². The van der Waals surface area contributed by atoms with Gasteiger partial charge in [-0.2, -0.15) is 0 Å². The Balaban J connectivity index is 2.17. The molecule has 3 rings (SSSR count). The van der Waals surface area contributed by atoms with E-state index in [0.717, 1.165) is 16.2 Å². The summed E-state index contributed by atoms with van der Waals surface area (Å²) in [6, 6.07) is 7.46. The minimum absolute atomic E-state index is 0.0400. The maximum Gasteiger partial charge on any atom is 0.219 e. The maximum atomic E-state index is 12.3. The lowest BCUT2D eigenvalue weighted by atomic mass is 10.2. The summed E-state index contributed by atoms with van der Waals surface area (Å²) in [5.41, 5.74) is 1.56. The number of rotatable bonds is 3. The zero-order chi connectivity index (χ0) is 12.5. The summed E-state index contributed by atoms with van der Waals surface area (Å²) in [6.45, 7) is 0. The number of fused-ring (bicyclic) bond motifs is 1. The average molecular weight is 257 g/mol. The molecule has 0 aliphatic heterocycles. The molecule has 4 nitrogen and oxygen atoms in total. The van der Waals surface area contributed by atoms with Gasteiger partial charge in [-0.3, -0.25) is 4.79 Å². The Morgan fingerprint density at radius 1 is 1.39 bits per heavy atom. The fourth-order valence-corrected chi connectivity index (χ4v) is 2.63. The summed E-state index contributed by atoms with van der Waals surface area (Å²) in [4.78, 5) is 17.3. The van der Waals surface area contributed by atoms with E-state index in [1.807, 2.05) is 41.1 Å². The van der Waals surface area contributed by atoms with Crippen molar-refractivity contribution in [3.05, 3.63) is 52.6 Å². The minimum Gasteiger partial charge on any atom is -0.371 e. The molecule has 0 amide bonds. The van der Waals surface area contributed by atoms with Crippen LogP contribution in [0.4, 0.5) is 5.82 Å². The molecule has 0 aliphatic carbocycles. The fourth-order valence-electron chi connectivity index (χ4n) is 1.95. The summed E-state index contributed by atoms with van der Waals surface area (Å²) in [5.74, 6) is 0.806. The van der Waals surface area contributed by atoms with Gasteiger partial charge in [0.05, 0.1) is 16.1 Å². The molecule has 0 aliphatic rings. The normalized spacial score (nSPS) is 10.7. The second kappa shape index (κ2) is 4.27. The van der Waals surface area contributed by atoms with E-state index in [4.69, 9.17) is 0 Å². The smallest absolute Gasteiger partial charge is 0.219 e. The van der Waals surface area contributed by atoms with Crippen LogP contribution in [-0.2, 0) is 0 Å². The standard InChI is InChI=1S/C13H11N3OS/c1-14-13-10-5-4-9(16(10)7-6-15-13)12(17)11-3-2-8-18-11/h2-8H,1H3,(H,14,15). The number of nitrogens with zero attached hydrogens (tertiary/aromatic N) is 2. The van der Waals surface area contributed by atoms with Gasteiger partial charge in [-0.25, -0.2) is 4.98 Å². The third-order valence-electron chi connectivity index (χ3n) is 2.79. The van der Waals surface area contributed by atoms with Crippen LogP contribution in [0.15, 0.2) is 42.0 Å². The molecule has 0 aromatic carbocycles. The zero-order valence-corrected chi connectivity index (χ0v) is 10.6. The highest BCUT2D eigenvalue weighted by molar-refractivity contribution is 7.12. The molecule has 5 heteroatoms. The quantitative estimate of drug-likeness (QED) is 0.734. The van der Waals surface area contributed by atoms with Crippen molar-refractivity contribution in [2.24, 2.45) is 0 Å². The second-order valence-corrected chi connectivity index (χ2v) is 4.75. The molecule has 0 radical (unpaired) electrons. The fraction of sp³-hybridized carbons (Fsp3) is 0.0769. The Bertz CT molecular complexity index is 700. The molecule has 1 N–H and O–H groups in total. The molecule has 0 saturated heterocycles. The van der Waals surface area contributed by atoms with Crippen LogP contribution in [0.3, 0.4) is 0 Å². The largest absolute Gasteiger partial charge is 0.371 e. The second-order valence-electron chi connectivity index (χ2n) is 3.81. The number of aromatic nitrogens is 2. The van der Waals surface area contributed by atoms with E-state index >= 15 is 0 Å². The molecule has 0 fully saturated rings. The van der Waals surface area contributed by atoms with Crippen LogP contribution in [0.5, 0.6) is 0 Å². The van der Waals surface area contributed by atoms with Gasteiger partial charge in [-0.1, -0.05) is 6.07 Å². The van der Waals surface area contributed by atoms with Gasteiger partial charge in [0.25, 0.3) is 0 Å². The number of hydrogen-bond acceptors (Lipinski definition) is 4. The number of thiophene rings is 1. The predicted molar refractivity (Wildman–Crippen MR) is 72.5 cm³/mol. The monoisotopic (exact) mass is 257 g/mol. The summed E-state index contributed by atoms with van der Waals surface area (Å²) in [7, 11) is 1.82. The van der Waals surface area contributed by atoms with E-state index in [-0.39, 0.29) is 5.78 Å². The van der Waals surface area contributed by atoms with Crippen LogP contribution in [0.1, 0.15) is 15.4 Å². The highest BCUT2D eigenvalue weighted by Crippen LogP contribution is 2.20. The van der Waals surface area contributed by atoms with Crippen LogP contribution < -0.4 is 5.32 Å². The molecule has 3 aromatic heterocycles. The highest BCUT2D eigenvalue weighted by Gasteiger charge is 2.15. The SMILES string of the molecule is CNc1nccn2c(C(=O)c3cccs3)ccc12. The van der Waals surface area contributed by atoms with Crippen LogP contribution >= 0.6 is 11.3 Å². The third-order valence-corrected chi connectivity index (χ3v) is 3.66. The number of carbonyl (C=O) groups is 1. The van der Waals surface area contributed by atoms with E-state index < -0.39 is 0 Å². The zero-order valence-electron chi connectivity index (χ0n) is 9.75. The van der Waals surface area contributed by atoms with Crippen molar-refractivity contribution in [3.63, 3.8) is 0 Å². The van der Waals surface area contributed by atoms with Gasteiger partial charge in [0, 0.05) is 19.4 Å². The summed E-state index contributed by atoms with van der Waals surface area (Å²) >= 11 is 1.45. The Labute approximate surface area is 108 Å². The molecule has 90 valence electrons.